The Bertz CT molecular complexity index is 1600. The number of nitrogens with zero attached hydrogens (tertiary/aromatic N) is 3. The highest BCUT2D eigenvalue weighted by atomic mass is 32.1. The summed E-state index contributed by atoms with van der Waals surface area (Å²) in [5.41, 5.74) is 2.08. The van der Waals surface area contributed by atoms with Crippen LogP contribution in [0.1, 0.15) is 15.4 Å². The van der Waals surface area contributed by atoms with Crippen LogP contribution in [0.5, 0.6) is 0 Å². The van der Waals surface area contributed by atoms with Gasteiger partial charge in [0.1, 0.15) is 23.0 Å². The average Bonchev–Trinajstić information content (AvgIpc) is 3.26. The Morgan fingerprint density at radius 2 is 1.59 bits per heavy atom. The minimum atomic E-state index is -0.947. The largest absolute Gasteiger partial charge is 0.324 e. The third kappa shape index (κ3) is 5.34. The van der Waals surface area contributed by atoms with Crippen LogP contribution in [0.25, 0.3) is 21.8 Å². The monoisotopic (exact) mass is 517 g/mol. The fraction of sp³-hybridized carbons (Fsp3) is 0.0370. The molecule has 0 unspecified atom stereocenters. The minimum Gasteiger partial charge on any atom is -0.324 e. The molecule has 5 rings (SSSR count). The van der Waals surface area contributed by atoms with E-state index in [0.29, 0.717) is 28.3 Å². The first-order valence-corrected chi connectivity index (χ1v) is 11.9. The third-order valence-electron chi connectivity index (χ3n) is 5.29. The molecule has 184 valence electrons. The minimum absolute atomic E-state index is 0.285. The van der Waals surface area contributed by atoms with Crippen LogP contribution in [-0.4, -0.2) is 20.9 Å². The molecular weight excluding hydrogens is 499 g/mol. The van der Waals surface area contributed by atoms with Crippen LogP contribution >= 0.6 is 11.3 Å². The summed E-state index contributed by atoms with van der Waals surface area (Å²) in [5.74, 6) is -2.89. The molecule has 0 saturated carbocycles. The summed E-state index contributed by atoms with van der Waals surface area (Å²) in [6, 6.07) is 17.8. The second kappa shape index (κ2) is 10.2. The van der Waals surface area contributed by atoms with E-state index < -0.39 is 23.1 Å². The van der Waals surface area contributed by atoms with Crippen LogP contribution in [0, 0.1) is 24.4 Å². The predicted molar refractivity (Wildman–Crippen MR) is 137 cm³/mol. The molecule has 0 atom stereocenters. The number of benzene rings is 3. The fourth-order valence-corrected chi connectivity index (χ4v) is 4.60. The van der Waals surface area contributed by atoms with Crippen molar-refractivity contribution in [3.05, 3.63) is 107 Å². The van der Waals surface area contributed by atoms with Gasteiger partial charge in [0, 0.05) is 23.1 Å². The number of amides is 1. The Hall–Kier alpha value is -4.57. The Balaban J connectivity index is 1.45. The summed E-state index contributed by atoms with van der Waals surface area (Å²) in [6.07, 6.45) is 1.59. The molecule has 3 aromatic carbocycles. The Morgan fingerprint density at radius 3 is 2.38 bits per heavy atom. The van der Waals surface area contributed by atoms with Crippen LogP contribution in [0.2, 0.25) is 0 Å². The lowest BCUT2D eigenvalue weighted by Gasteiger charge is -2.09. The average molecular weight is 518 g/mol. The molecule has 5 aromatic rings. The Morgan fingerprint density at radius 1 is 0.865 bits per heavy atom. The number of halogens is 3. The Kier molecular flexibility index (Phi) is 6.65. The van der Waals surface area contributed by atoms with Crippen molar-refractivity contribution in [1.29, 1.82) is 0 Å². The highest BCUT2D eigenvalue weighted by molar-refractivity contribution is 7.15. The standard InChI is InChI=1S/C27H18F3N5OS/c1-15-32-24(16-5-2-7-18(13-16)33-26(36)23-20(29)9-4-10-21(23)30)25(37-15)22-11-12-31-27(35-22)34-19-8-3-6-17(28)14-19/h2-14H,1H3,(H,33,36)(H,31,34,35). The van der Waals surface area contributed by atoms with Gasteiger partial charge in [-0.05, 0) is 55.5 Å². The lowest BCUT2D eigenvalue weighted by molar-refractivity contribution is 0.101. The van der Waals surface area contributed by atoms with Crippen molar-refractivity contribution in [2.75, 3.05) is 10.6 Å². The topological polar surface area (TPSA) is 79.8 Å². The van der Waals surface area contributed by atoms with E-state index in [0.717, 1.165) is 22.0 Å². The summed E-state index contributed by atoms with van der Waals surface area (Å²) in [4.78, 5) is 26.7. The van der Waals surface area contributed by atoms with Crippen LogP contribution in [0.3, 0.4) is 0 Å². The van der Waals surface area contributed by atoms with E-state index in [1.807, 2.05) is 13.0 Å². The first kappa shape index (κ1) is 24.1. The fourth-order valence-electron chi connectivity index (χ4n) is 3.69. The second-order valence-electron chi connectivity index (χ2n) is 7.94. The number of carbonyl (C=O) groups excluding carboxylic acids is 1. The molecule has 0 aliphatic rings. The molecule has 1 amide bonds. The molecule has 0 bridgehead atoms. The van der Waals surface area contributed by atoms with E-state index in [1.165, 1.54) is 29.5 Å². The first-order valence-electron chi connectivity index (χ1n) is 11.1. The molecule has 2 heterocycles. The van der Waals surface area contributed by atoms with Gasteiger partial charge >= 0.3 is 0 Å². The summed E-state index contributed by atoms with van der Waals surface area (Å²) < 4.78 is 41.6. The smallest absolute Gasteiger partial charge is 0.261 e. The normalized spacial score (nSPS) is 10.8. The molecule has 37 heavy (non-hydrogen) atoms. The van der Waals surface area contributed by atoms with Gasteiger partial charge in [0.25, 0.3) is 5.91 Å². The summed E-state index contributed by atoms with van der Waals surface area (Å²) in [6.45, 7) is 1.86. The van der Waals surface area contributed by atoms with E-state index in [1.54, 1.807) is 42.6 Å². The molecule has 0 saturated heterocycles. The van der Waals surface area contributed by atoms with E-state index in [2.05, 4.69) is 25.6 Å². The van der Waals surface area contributed by atoms with Gasteiger partial charge in [-0.25, -0.2) is 28.1 Å². The lowest BCUT2D eigenvalue weighted by Crippen LogP contribution is -2.15. The second-order valence-corrected chi connectivity index (χ2v) is 9.15. The molecular formula is C27H18F3N5OS. The number of hydrogen-bond acceptors (Lipinski definition) is 6. The van der Waals surface area contributed by atoms with E-state index in [4.69, 9.17) is 0 Å². The zero-order valence-electron chi connectivity index (χ0n) is 19.3. The molecule has 0 aliphatic heterocycles. The maximum atomic E-state index is 14.0. The van der Waals surface area contributed by atoms with Crippen molar-refractivity contribution in [3.63, 3.8) is 0 Å². The van der Waals surface area contributed by atoms with Crippen LogP contribution in [-0.2, 0) is 0 Å². The molecule has 10 heteroatoms. The first-order chi connectivity index (χ1) is 17.9. The number of aromatic nitrogens is 3. The predicted octanol–water partition coefficient (Wildman–Crippen LogP) is 6.99. The molecule has 0 radical (unpaired) electrons. The van der Waals surface area contributed by atoms with Gasteiger partial charge in [-0.15, -0.1) is 11.3 Å². The third-order valence-corrected chi connectivity index (χ3v) is 6.28. The number of rotatable bonds is 6. The van der Waals surface area contributed by atoms with Crippen molar-refractivity contribution in [2.24, 2.45) is 0 Å². The molecule has 6 nitrogen and oxygen atoms in total. The quantitative estimate of drug-likeness (QED) is 0.254. The summed E-state index contributed by atoms with van der Waals surface area (Å²) in [7, 11) is 0. The highest BCUT2D eigenvalue weighted by Crippen LogP contribution is 2.37. The Labute approximate surface area is 213 Å². The number of anilines is 3. The summed E-state index contributed by atoms with van der Waals surface area (Å²) in [5, 5.41) is 6.32. The maximum absolute atomic E-state index is 14.0. The zero-order valence-corrected chi connectivity index (χ0v) is 20.1. The zero-order chi connectivity index (χ0) is 25.9. The van der Waals surface area contributed by atoms with Gasteiger partial charge in [0.15, 0.2) is 0 Å². The molecule has 0 spiro atoms. The van der Waals surface area contributed by atoms with Crippen LogP contribution in [0.4, 0.5) is 30.5 Å². The van der Waals surface area contributed by atoms with Crippen molar-refractivity contribution < 1.29 is 18.0 Å². The SMILES string of the molecule is Cc1nc(-c2cccc(NC(=O)c3c(F)cccc3F)c2)c(-c2ccnc(Nc3cccc(F)c3)n2)s1. The molecule has 2 aromatic heterocycles. The maximum Gasteiger partial charge on any atom is 0.261 e. The van der Waals surface area contributed by atoms with Gasteiger partial charge in [0.2, 0.25) is 5.95 Å². The number of aryl methyl sites for hydroxylation is 1. The van der Waals surface area contributed by atoms with Crippen LogP contribution in [0.15, 0.2) is 79.0 Å². The molecule has 0 aliphatic carbocycles. The van der Waals surface area contributed by atoms with Gasteiger partial charge in [-0.2, -0.15) is 0 Å². The highest BCUT2D eigenvalue weighted by Gasteiger charge is 2.19. The number of thiazole rings is 1. The van der Waals surface area contributed by atoms with Gasteiger partial charge in [0.05, 0.1) is 21.3 Å². The van der Waals surface area contributed by atoms with Gasteiger partial charge < -0.3 is 10.6 Å². The van der Waals surface area contributed by atoms with Crippen molar-refractivity contribution in [1.82, 2.24) is 15.0 Å². The molecule has 0 fully saturated rings. The number of carbonyl (C=O) groups is 1. The van der Waals surface area contributed by atoms with E-state index in [9.17, 15) is 18.0 Å². The van der Waals surface area contributed by atoms with Gasteiger partial charge in [-0.3, -0.25) is 4.79 Å². The number of hydrogen-bond donors (Lipinski definition) is 2. The lowest BCUT2D eigenvalue weighted by atomic mass is 10.1. The van der Waals surface area contributed by atoms with Gasteiger partial charge in [-0.1, -0.05) is 24.3 Å². The summed E-state index contributed by atoms with van der Waals surface area (Å²) >= 11 is 1.42. The van der Waals surface area contributed by atoms with Crippen molar-refractivity contribution in [3.8, 4) is 21.8 Å². The number of nitrogens with one attached hydrogen (secondary N) is 2. The van der Waals surface area contributed by atoms with Crippen LogP contribution < -0.4 is 10.6 Å². The molecule has 2 N–H and O–H groups in total. The van der Waals surface area contributed by atoms with E-state index >= 15 is 0 Å². The van der Waals surface area contributed by atoms with Crippen molar-refractivity contribution in [2.45, 2.75) is 6.92 Å². The van der Waals surface area contributed by atoms with E-state index in [-0.39, 0.29) is 11.8 Å². The van der Waals surface area contributed by atoms with Crippen molar-refractivity contribution >= 4 is 34.6 Å².